The highest BCUT2D eigenvalue weighted by atomic mass is 35.5. The molecule has 2 aliphatic carbocycles. The van der Waals surface area contributed by atoms with Crippen LogP contribution in [0.3, 0.4) is 0 Å². The fraction of sp³-hybridized carbons (Fsp3) is 0.562. The monoisotopic (exact) mass is 362 g/mol. The van der Waals surface area contributed by atoms with Gasteiger partial charge in [-0.15, -0.1) is 12.4 Å². The average Bonchev–Trinajstić information content (AvgIpc) is 3.15. The first kappa shape index (κ1) is 17.9. The lowest BCUT2D eigenvalue weighted by atomic mass is 9.97. The van der Waals surface area contributed by atoms with Crippen molar-refractivity contribution in [1.29, 1.82) is 0 Å². The maximum absolute atomic E-state index is 12.4. The molecule has 0 spiro atoms. The molecule has 2 atom stereocenters. The highest BCUT2D eigenvalue weighted by molar-refractivity contribution is 6.42. The van der Waals surface area contributed by atoms with Crippen LogP contribution in [0.1, 0.15) is 43.6 Å². The fourth-order valence-corrected chi connectivity index (χ4v) is 3.69. The fourth-order valence-electron chi connectivity index (χ4n) is 3.38. The summed E-state index contributed by atoms with van der Waals surface area (Å²) in [7, 11) is 0. The second-order valence-corrected chi connectivity index (χ2v) is 7.12. The Hall–Kier alpha value is -0.480. The van der Waals surface area contributed by atoms with Crippen LogP contribution in [-0.4, -0.2) is 18.0 Å². The van der Waals surface area contributed by atoms with Gasteiger partial charge in [0, 0.05) is 12.5 Å². The Morgan fingerprint density at radius 2 is 1.95 bits per heavy atom. The maximum atomic E-state index is 12.4. The van der Waals surface area contributed by atoms with Gasteiger partial charge in [0.2, 0.25) is 5.91 Å². The lowest BCUT2D eigenvalue weighted by molar-refractivity contribution is -0.124. The molecule has 1 aromatic rings. The summed E-state index contributed by atoms with van der Waals surface area (Å²) in [6.07, 6.45) is 5.18. The minimum atomic E-state index is -0.165. The number of halogens is 3. The molecule has 3 rings (SSSR count). The molecule has 122 valence electrons. The first-order chi connectivity index (χ1) is 10.0. The summed E-state index contributed by atoms with van der Waals surface area (Å²) in [4.78, 5) is 12.4. The van der Waals surface area contributed by atoms with Crippen LogP contribution in [0.2, 0.25) is 10.0 Å². The molecular formula is C16H21Cl3N2O. The van der Waals surface area contributed by atoms with Crippen LogP contribution in [0.5, 0.6) is 0 Å². The zero-order valence-electron chi connectivity index (χ0n) is 12.3. The average molecular weight is 364 g/mol. The molecule has 2 fully saturated rings. The maximum Gasteiger partial charge on any atom is 0.224 e. The van der Waals surface area contributed by atoms with Gasteiger partial charge in [0.15, 0.2) is 0 Å². The highest BCUT2D eigenvalue weighted by Crippen LogP contribution is 2.49. The van der Waals surface area contributed by atoms with Crippen LogP contribution >= 0.6 is 35.6 Å². The lowest BCUT2D eigenvalue weighted by Crippen LogP contribution is -2.52. The summed E-state index contributed by atoms with van der Waals surface area (Å²) < 4.78 is 0. The van der Waals surface area contributed by atoms with Crippen molar-refractivity contribution in [1.82, 2.24) is 5.32 Å². The van der Waals surface area contributed by atoms with E-state index in [0.717, 1.165) is 37.7 Å². The molecule has 1 amide bonds. The van der Waals surface area contributed by atoms with Crippen LogP contribution in [0.4, 0.5) is 0 Å². The molecule has 0 aliphatic heterocycles. The van der Waals surface area contributed by atoms with E-state index in [2.05, 4.69) is 5.32 Å². The van der Waals surface area contributed by atoms with Crippen molar-refractivity contribution in [3.63, 3.8) is 0 Å². The number of hydrogen-bond acceptors (Lipinski definition) is 2. The smallest absolute Gasteiger partial charge is 0.224 e. The Morgan fingerprint density at radius 3 is 2.55 bits per heavy atom. The summed E-state index contributed by atoms with van der Waals surface area (Å²) in [6.45, 7) is 0.531. The minimum absolute atomic E-state index is 0. The van der Waals surface area contributed by atoms with Crippen molar-refractivity contribution >= 4 is 41.5 Å². The third-order valence-electron chi connectivity index (χ3n) is 4.84. The van der Waals surface area contributed by atoms with Gasteiger partial charge in [0.05, 0.1) is 15.6 Å². The Labute approximate surface area is 147 Å². The predicted octanol–water partition coefficient (Wildman–Crippen LogP) is 3.91. The number of carbonyl (C=O) groups excluding carboxylic acids is 1. The van der Waals surface area contributed by atoms with E-state index in [-0.39, 0.29) is 35.7 Å². The third-order valence-corrected chi connectivity index (χ3v) is 5.58. The molecular weight excluding hydrogens is 343 g/mol. The van der Waals surface area contributed by atoms with Gasteiger partial charge in [-0.2, -0.15) is 0 Å². The number of amides is 1. The molecule has 1 aromatic carbocycles. The predicted molar refractivity (Wildman–Crippen MR) is 93.0 cm³/mol. The molecule has 0 radical (unpaired) electrons. The molecule has 6 heteroatoms. The van der Waals surface area contributed by atoms with Crippen molar-refractivity contribution < 1.29 is 4.79 Å². The first-order valence-corrected chi connectivity index (χ1v) is 8.27. The number of benzene rings is 1. The van der Waals surface area contributed by atoms with Crippen molar-refractivity contribution in [2.75, 3.05) is 6.54 Å². The van der Waals surface area contributed by atoms with Gasteiger partial charge in [-0.05, 0) is 42.9 Å². The van der Waals surface area contributed by atoms with E-state index in [4.69, 9.17) is 28.9 Å². The first-order valence-electron chi connectivity index (χ1n) is 7.52. The summed E-state index contributed by atoms with van der Waals surface area (Å²) in [5.74, 6) is 0.445. The Morgan fingerprint density at radius 1 is 1.27 bits per heavy atom. The zero-order chi connectivity index (χ0) is 15.0. The number of carbonyl (C=O) groups is 1. The van der Waals surface area contributed by atoms with Gasteiger partial charge < -0.3 is 11.1 Å². The van der Waals surface area contributed by atoms with E-state index in [0.29, 0.717) is 16.6 Å². The molecule has 22 heavy (non-hydrogen) atoms. The van der Waals surface area contributed by atoms with Gasteiger partial charge in [-0.1, -0.05) is 42.1 Å². The van der Waals surface area contributed by atoms with E-state index in [1.807, 2.05) is 12.1 Å². The van der Waals surface area contributed by atoms with Gasteiger partial charge in [-0.3, -0.25) is 4.79 Å². The Balaban J connectivity index is 0.00000176. The van der Waals surface area contributed by atoms with E-state index in [1.165, 1.54) is 0 Å². The molecule has 0 saturated heterocycles. The van der Waals surface area contributed by atoms with Crippen LogP contribution < -0.4 is 11.1 Å². The summed E-state index contributed by atoms with van der Waals surface area (Å²) in [5.41, 5.74) is 6.80. The number of nitrogens with two attached hydrogens (primary N) is 1. The molecule has 2 aliphatic rings. The topological polar surface area (TPSA) is 55.1 Å². The zero-order valence-corrected chi connectivity index (χ0v) is 14.6. The van der Waals surface area contributed by atoms with E-state index in [1.54, 1.807) is 6.07 Å². The molecule has 0 bridgehead atoms. The highest BCUT2D eigenvalue weighted by Gasteiger charge is 2.46. The third kappa shape index (κ3) is 3.53. The lowest BCUT2D eigenvalue weighted by Gasteiger charge is -2.28. The van der Waals surface area contributed by atoms with Crippen molar-refractivity contribution in [3.8, 4) is 0 Å². The minimum Gasteiger partial charge on any atom is -0.349 e. The van der Waals surface area contributed by atoms with Crippen LogP contribution in [0.15, 0.2) is 18.2 Å². The van der Waals surface area contributed by atoms with Gasteiger partial charge in [0.1, 0.15) is 0 Å². The van der Waals surface area contributed by atoms with Crippen molar-refractivity contribution in [2.24, 2.45) is 11.7 Å². The summed E-state index contributed by atoms with van der Waals surface area (Å²) in [5, 5.41) is 4.31. The quantitative estimate of drug-likeness (QED) is 0.852. The van der Waals surface area contributed by atoms with E-state index in [9.17, 15) is 4.79 Å². The van der Waals surface area contributed by atoms with Crippen molar-refractivity contribution in [2.45, 2.75) is 43.6 Å². The number of rotatable bonds is 4. The molecule has 0 heterocycles. The molecule has 3 nitrogen and oxygen atoms in total. The summed E-state index contributed by atoms with van der Waals surface area (Å²) >= 11 is 12.0. The van der Waals surface area contributed by atoms with Gasteiger partial charge in [-0.25, -0.2) is 0 Å². The molecule has 0 aromatic heterocycles. The Kier molecular flexibility index (Phi) is 5.65. The normalized spacial score (nSPS) is 25.4. The SMILES string of the molecule is Cl.NCC1(NC(=O)C2CC2c2ccc(Cl)c(Cl)c2)CCCC1. The van der Waals surface area contributed by atoms with Crippen LogP contribution in [0, 0.1) is 5.92 Å². The van der Waals surface area contributed by atoms with Gasteiger partial charge in [0.25, 0.3) is 0 Å². The van der Waals surface area contributed by atoms with Crippen LogP contribution in [-0.2, 0) is 4.79 Å². The largest absolute Gasteiger partial charge is 0.349 e. The molecule has 2 unspecified atom stereocenters. The second-order valence-electron chi connectivity index (χ2n) is 6.30. The van der Waals surface area contributed by atoms with Gasteiger partial charge >= 0.3 is 0 Å². The molecule has 3 N–H and O–H groups in total. The molecule has 2 saturated carbocycles. The van der Waals surface area contributed by atoms with E-state index >= 15 is 0 Å². The number of nitrogens with one attached hydrogen (secondary N) is 1. The standard InChI is InChI=1S/C16H20Cl2N2O.ClH/c17-13-4-3-10(7-14(13)18)11-8-12(11)15(21)20-16(9-19)5-1-2-6-16;/h3-4,7,11-12H,1-2,5-6,8-9,19H2,(H,20,21);1H. The van der Waals surface area contributed by atoms with E-state index < -0.39 is 0 Å². The van der Waals surface area contributed by atoms with Crippen molar-refractivity contribution in [3.05, 3.63) is 33.8 Å². The Bertz CT molecular complexity index is 558. The van der Waals surface area contributed by atoms with Crippen LogP contribution in [0.25, 0.3) is 0 Å². The number of hydrogen-bond donors (Lipinski definition) is 2. The summed E-state index contributed by atoms with van der Waals surface area (Å²) in [6, 6.07) is 5.63. The second kappa shape index (κ2) is 6.96.